The van der Waals surface area contributed by atoms with Crippen molar-refractivity contribution in [3.8, 4) is 0 Å². The number of aliphatic imine (C=N–C) groups is 1. The van der Waals surface area contributed by atoms with Gasteiger partial charge in [0.05, 0.1) is 10.9 Å². The Balaban J connectivity index is 0.00000288. The first-order valence-corrected chi connectivity index (χ1v) is 10.5. The standard InChI is InChI=1S/C16H26ClN3OS2.HI/c1-3-18-16(20-11-5-6-12(9-11)22-4-2)19-10-13(21)14-7-8-15(17)23-14;/h7-8,11-13,21H,3-6,9-10H2,1-2H3,(H2,18,19,20);1H. The van der Waals surface area contributed by atoms with E-state index in [2.05, 4.69) is 29.5 Å². The molecule has 0 aliphatic heterocycles. The van der Waals surface area contributed by atoms with E-state index in [1.165, 1.54) is 36.4 Å². The fourth-order valence-corrected chi connectivity index (χ4v) is 4.93. The second kappa shape index (κ2) is 11.8. The van der Waals surface area contributed by atoms with Gasteiger partial charge in [0.15, 0.2) is 5.96 Å². The van der Waals surface area contributed by atoms with E-state index in [0.29, 0.717) is 16.9 Å². The molecular weight excluding hydrogens is 477 g/mol. The highest BCUT2D eigenvalue weighted by molar-refractivity contribution is 14.0. The van der Waals surface area contributed by atoms with Crippen LogP contribution >= 0.6 is 58.7 Å². The number of guanidine groups is 1. The van der Waals surface area contributed by atoms with E-state index >= 15 is 0 Å². The Morgan fingerprint density at radius 3 is 2.88 bits per heavy atom. The van der Waals surface area contributed by atoms with Gasteiger partial charge in [0.25, 0.3) is 0 Å². The summed E-state index contributed by atoms with van der Waals surface area (Å²) in [5, 5.41) is 17.7. The zero-order chi connectivity index (χ0) is 16.7. The van der Waals surface area contributed by atoms with Crippen molar-refractivity contribution in [3.05, 3.63) is 21.3 Å². The van der Waals surface area contributed by atoms with Gasteiger partial charge in [-0.3, -0.25) is 4.99 Å². The fourth-order valence-electron chi connectivity index (χ4n) is 2.75. The van der Waals surface area contributed by atoms with Gasteiger partial charge in [-0.25, -0.2) is 0 Å². The Morgan fingerprint density at radius 2 is 2.25 bits per heavy atom. The third kappa shape index (κ3) is 7.27. The predicted octanol–water partition coefficient (Wildman–Crippen LogP) is 4.28. The molecule has 0 aromatic carbocycles. The third-order valence-electron chi connectivity index (χ3n) is 3.82. The number of thiophene rings is 1. The molecule has 1 aliphatic carbocycles. The lowest BCUT2D eigenvalue weighted by atomic mass is 10.2. The maximum atomic E-state index is 10.2. The summed E-state index contributed by atoms with van der Waals surface area (Å²) in [4.78, 5) is 5.39. The van der Waals surface area contributed by atoms with E-state index in [1.54, 1.807) is 0 Å². The lowest BCUT2D eigenvalue weighted by Gasteiger charge is -2.18. The first-order chi connectivity index (χ1) is 11.1. The van der Waals surface area contributed by atoms with Gasteiger partial charge in [-0.2, -0.15) is 11.8 Å². The van der Waals surface area contributed by atoms with Gasteiger partial charge in [0, 0.05) is 22.7 Å². The second-order valence-electron chi connectivity index (χ2n) is 5.61. The number of hydrogen-bond donors (Lipinski definition) is 3. The van der Waals surface area contributed by atoms with Gasteiger partial charge >= 0.3 is 0 Å². The van der Waals surface area contributed by atoms with Crippen LogP contribution in [0.5, 0.6) is 0 Å². The Hall–Kier alpha value is 0.300. The maximum absolute atomic E-state index is 10.2. The summed E-state index contributed by atoms with van der Waals surface area (Å²) in [7, 11) is 0. The van der Waals surface area contributed by atoms with Crippen molar-refractivity contribution in [2.24, 2.45) is 4.99 Å². The average molecular weight is 504 g/mol. The molecule has 1 aromatic rings. The van der Waals surface area contributed by atoms with Crippen molar-refractivity contribution in [3.63, 3.8) is 0 Å². The van der Waals surface area contributed by atoms with Crippen molar-refractivity contribution < 1.29 is 5.11 Å². The van der Waals surface area contributed by atoms with Crippen LogP contribution < -0.4 is 10.6 Å². The van der Waals surface area contributed by atoms with Gasteiger partial charge < -0.3 is 15.7 Å². The summed E-state index contributed by atoms with van der Waals surface area (Å²) in [6, 6.07) is 4.14. The first kappa shape index (κ1) is 22.3. The Morgan fingerprint density at radius 1 is 1.46 bits per heavy atom. The summed E-state index contributed by atoms with van der Waals surface area (Å²) in [6.07, 6.45) is 3.04. The van der Waals surface area contributed by atoms with Crippen LogP contribution in [0.3, 0.4) is 0 Å². The highest BCUT2D eigenvalue weighted by Gasteiger charge is 2.25. The first-order valence-electron chi connectivity index (χ1n) is 8.22. The Kier molecular flexibility index (Phi) is 11.0. The van der Waals surface area contributed by atoms with Crippen molar-refractivity contribution in [1.29, 1.82) is 0 Å². The van der Waals surface area contributed by atoms with Crippen LogP contribution in [0.4, 0.5) is 0 Å². The van der Waals surface area contributed by atoms with E-state index in [-0.39, 0.29) is 24.0 Å². The number of aliphatic hydroxyl groups excluding tert-OH is 1. The van der Waals surface area contributed by atoms with Gasteiger partial charge in [-0.15, -0.1) is 35.3 Å². The van der Waals surface area contributed by atoms with Crippen molar-refractivity contribution in [1.82, 2.24) is 10.6 Å². The molecule has 4 nitrogen and oxygen atoms in total. The summed E-state index contributed by atoms with van der Waals surface area (Å²) in [5.41, 5.74) is 0. The molecule has 1 aliphatic rings. The number of nitrogens with zero attached hydrogens (tertiary/aromatic N) is 1. The number of halogens is 2. The molecular formula is C16H27ClIN3OS2. The highest BCUT2D eigenvalue weighted by Crippen LogP contribution is 2.30. The minimum atomic E-state index is -0.602. The maximum Gasteiger partial charge on any atom is 0.191 e. The lowest BCUT2D eigenvalue weighted by molar-refractivity contribution is 0.191. The van der Waals surface area contributed by atoms with E-state index in [9.17, 15) is 5.11 Å². The molecule has 2 rings (SSSR count). The van der Waals surface area contributed by atoms with Crippen LogP contribution in [0.15, 0.2) is 17.1 Å². The summed E-state index contributed by atoms with van der Waals surface area (Å²) < 4.78 is 0.693. The molecule has 0 saturated heterocycles. The van der Waals surface area contributed by atoms with Crippen LogP contribution in [0.2, 0.25) is 4.34 Å². The second-order valence-corrected chi connectivity index (χ2v) is 8.93. The van der Waals surface area contributed by atoms with E-state index in [1.807, 2.05) is 23.9 Å². The van der Waals surface area contributed by atoms with E-state index < -0.39 is 6.10 Å². The largest absolute Gasteiger partial charge is 0.386 e. The molecule has 3 N–H and O–H groups in total. The van der Waals surface area contributed by atoms with Crippen LogP contribution in [0.1, 0.15) is 44.1 Å². The minimum absolute atomic E-state index is 0. The molecule has 0 bridgehead atoms. The molecule has 0 amide bonds. The van der Waals surface area contributed by atoms with Gasteiger partial charge in [-0.05, 0) is 44.1 Å². The number of rotatable bonds is 7. The van der Waals surface area contributed by atoms with Crippen molar-refractivity contribution in [2.75, 3.05) is 18.8 Å². The average Bonchev–Trinajstić information content (AvgIpc) is 3.14. The van der Waals surface area contributed by atoms with E-state index in [4.69, 9.17) is 11.6 Å². The highest BCUT2D eigenvalue weighted by atomic mass is 127. The summed E-state index contributed by atoms with van der Waals surface area (Å²) >= 11 is 9.37. The smallest absolute Gasteiger partial charge is 0.191 e. The molecule has 1 fully saturated rings. The molecule has 138 valence electrons. The van der Waals surface area contributed by atoms with Gasteiger partial charge in [-0.1, -0.05) is 18.5 Å². The third-order valence-corrected chi connectivity index (χ3v) is 6.38. The molecule has 0 spiro atoms. The quantitative estimate of drug-likeness (QED) is 0.295. The number of hydrogen-bond acceptors (Lipinski definition) is 4. The topological polar surface area (TPSA) is 56.7 Å². The lowest BCUT2D eigenvalue weighted by Crippen LogP contribution is -2.42. The van der Waals surface area contributed by atoms with Crippen LogP contribution in [0, 0.1) is 0 Å². The molecule has 3 atom stereocenters. The number of nitrogens with one attached hydrogen (secondary N) is 2. The van der Waals surface area contributed by atoms with Crippen LogP contribution in [0.25, 0.3) is 0 Å². The van der Waals surface area contributed by atoms with Crippen molar-refractivity contribution >= 4 is 64.6 Å². The fraction of sp³-hybridized carbons (Fsp3) is 0.688. The molecule has 1 saturated carbocycles. The van der Waals surface area contributed by atoms with Crippen LogP contribution in [-0.2, 0) is 0 Å². The van der Waals surface area contributed by atoms with E-state index in [0.717, 1.165) is 22.6 Å². The number of aliphatic hydroxyl groups is 1. The zero-order valence-corrected chi connectivity index (χ0v) is 18.8. The Labute approximate surface area is 175 Å². The normalized spacial score (nSPS) is 22.1. The molecule has 24 heavy (non-hydrogen) atoms. The molecule has 8 heteroatoms. The SMILES string of the molecule is CCNC(=NCC(O)c1ccc(Cl)s1)NC1CCC(SCC)C1.I. The molecule has 1 aromatic heterocycles. The zero-order valence-electron chi connectivity index (χ0n) is 14.1. The van der Waals surface area contributed by atoms with Gasteiger partial charge in [0.1, 0.15) is 6.10 Å². The predicted molar refractivity (Wildman–Crippen MR) is 118 cm³/mol. The molecule has 3 unspecified atom stereocenters. The van der Waals surface area contributed by atoms with Gasteiger partial charge in [0.2, 0.25) is 0 Å². The molecule has 1 heterocycles. The van der Waals surface area contributed by atoms with Crippen molar-refractivity contribution in [2.45, 2.75) is 50.5 Å². The summed E-state index contributed by atoms with van der Waals surface area (Å²) in [5.74, 6) is 1.97. The van der Waals surface area contributed by atoms with Crippen LogP contribution in [-0.4, -0.2) is 41.2 Å². The summed E-state index contributed by atoms with van der Waals surface area (Å²) in [6.45, 7) is 5.42. The molecule has 0 radical (unpaired) electrons. The minimum Gasteiger partial charge on any atom is -0.386 e. The number of thioether (sulfide) groups is 1. The Bertz CT molecular complexity index is 515. The monoisotopic (exact) mass is 503 g/mol.